The predicted octanol–water partition coefficient (Wildman–Crippen LogP) is 4.33. The number of carbonyl (C=O) groups is 2. The molecule has 3 heterocycles. The van der Waals surface area contributed by atoms with Gasteiger partial charge in [0.15, 0.2) is 5.82 Å². The largest absolute Gasteiger partial charge is 0.455 e. The third kappa shape index (κ3) is 6.07. The van der Waals surface area contributed by atoms with Crippen LogP contribution < -0.4 is 10.6 Å². The molecule has 0 unspecified atom stereocenters. The van der Waals surface area contributed by atoms with E-state index in [1.54, 1.807) is 19.1 Å². The zero-order valence-electron chi connectivity index (χ0n) is 20.7. The molecule has 1 aromatic carbocycles. The second-order valence-corrected chi connectivity index (χ2v) is 9.98. The van der Waals surface area contributed by atoms with Crippen molar-refractivity contribution in [2.75, 3.05) is 11.9 Å². The maximum Gasteiger partial charge on any atom is 0.455 e. The Labute approximate surface area is 234 Å². The van der Waals surface area contributed by atoms with Crippen molar-refractivity contribution in [2.45, 2.75) is 32.5 Å². The number of carbonyl (C=O) groups excluding carboxylic acids is 2. The van der Waals surface area contributed by atoms with Crippen molar-refractivity contribution in [3.63, 3.8) is 0 Å². The van der Waals surface area contributed by atoms with E-state index in [2.05, 4.69) is 36.1 Å². The van der Waals surface area contributed by atoms with Gasteiger partial charge in [-0.3, -0.25) is 9.59 Å². The number of anilines is 1. The van der Waals surface area contributed by atoms with Crippen molar-refractivity contribution in [3.05, 3.63) is 74.9 Å². The van der Waals surface area contributed by atoms with Crippen molar-refractivity contribution in [1.29, 1.82) is 0 Å². The van der Waals surface area contributed by atoms with Crippen LogP contribution in [0.3, 0.4) is 0 Å². The van der Waals surface area contributed by atoms with E-state index in [4.69, 9.17) is 23.2 Å². The predicted molar refractivity (Wildman–Crippen MR) is 137 cm³/mol. The fourth-order valence-corrected chi connectivity index (χ4v) is 4.33. The summed E-state index contributed by atoms with van der Waals surface area (Å²) in [5, 5.41) is 20.2. The molecule has 1 aliphatic rings. The number of nitrogens with zero attached hydrogens (tertiary/aromatic N) is 7. The number of nitrogens with one attached hydrogen (secondary N) is 2. The molecular formula is C24H20Cl2F3N9O2. The summed E-state index contributed by atoms with van der Waals surface area (Å²) < 4.78 is 39.9. The SMILES string of the molecule is Cc1cc(Cl)cc(C(=O)NCC2CC2)c1NC(=O)c1cc(Cn2nnc(C(F)(F)F)n2)nn1-c1ncccc1Cl. The summed E-state index contributed by atoms with van der Waals surface area (Å²) in [7, 11) is 0. The number of halogens is 5. The summed E-state index contributed by atoms with van der Waals surface area (Å²) in [6.45, 7) is 1.86. The van der Waals surface area contributed by atoms with Crippen molar-refractivity contribution in [3.8, 4) is 5.82 Å². The van der Waals surface area contributed by atoms with E-state index >= 15 is 0 Å². The van der Waals surface area contributed by atoms with Gasteiger partial charge in [0, 0.05) is 17.8 Å². The molecule has 1 aliphatic carbocycles. The second kappa shape index (κ2) is 10.8. The van der Waals surface area contributed by atoms with Crippen LogP contribution in [0.15, 0.2) is 36.5 Å². The number of amides is 2. The lowest BCUT2D eigenvalue weighted by molar-refractivity contribution is -0.145. The zero-order valence-corrected chi connectivity index (χ0v) is 22.2. The average molecular weight is 594 g/mol. The molecule has 4 aromatic rings. The summed E-state index contributed by atoms with van der Waals surface area (Å²) in [6.07, 6.45) is -1.25. The Morgan fingerprint density at radius 3 is 2.58 bits per heavy atom. The lowest BCUT2D eigenvalue weighted by Crippen LogP contribution is -2.28. The molecule has 2 amide bonds. The number of aryl methyl sites for hydroxylation is 1. The molecule has 208 valence electrons. The molecule has 16 heteroatoms. The van der Waals surface area contributed by atoms with Gasteiger partial charge < -0.3 is 10.6 Å². The Morgan fingerprint density at radius 2 is 1.90 bits per heavy atom. The van der Waals surface area contributed by atoms with E-state index in [0.717, 1.165) is 17.5 Å². The molecular weight excluding hydrogens is 574 g/mol. The molecule has 1 fully saturated rings. The number of benzene rings is 1. The molecule has 0 bridgehead atoms. The molecule has 11 nitrogen and oxygen atoms in total. The fourth-order valence-electron chi connectivity index (χ4n) is 3.85. The van der Waals surface area contributed by atoms with Crippen LogP contribution in [0, 0.1) is 12.8 Å². The van der Waals surface area contributed by atoms with Crippen LogP contribution in [-0.4, -0.2) is 53.3 Å². The van der Waals surface area contributed by atoms with Crippen LogP contribution in [0.1, 0.15) is 50.8 Å². The number of rotatable bonds is 8. The lowest BCUT2D eigenvalue weighted by atomic mass is 10.1. The highest BCUT2D eigenvalue weighted by atomic mass is 35.5. The number of tetrazole rings is 1. The quantitative estimate of drug-likeness (QED) is 0.311. The Morgan fingerprint density at radius 1 is 1.12 bits per heavy atom. The van der Waals surface area contributed by atoms with Crippen LogP contribution in [0.25, 0.3) is 5.82 Å². The van der Waals surface area contributed by atoms with Crippen LogP contribution in [0.5, 0.6) is 0 Å². The van der Waals surface area contributed by atoms with Crippen molar-refractivity contribution < 1.29 is 22.8 Å². The topological polar surface area (TPSA) is 133 Å². The van der Waals surface area contributed by atoms with Gasteiger partial charge in [0.2, 0.25) is 0 Å². The van der Waals surface area contributed by atoms with Gasteiger partial charge in [-0.2, -0.15) is 23.1 Å². The van der Waals surface area contributed by atoms with Gasteiger partial charge in [0.05, 0.1) is 22.0 Å². The maximum absolute atomic E-state index is 13.6. The molecule has 0 aliphatic heterocycles. The van der Waals surface area contributed by atoms with Gasteiger partial charge in [0.1, 0.15) is 12.2 Å². The Kier molecular flexibility index (Phi) is 7.47. The first kappa shape index (κ1) is 27.5. The normalized spacial score (nSPS) is 13.3. The lowest BCUT2D eigenvalue weighted by Gasteiger charge is -2.15. The van der Waals surface area contributed by atoms with Gasteiger partial charge in [-0.25, -0.2) is 9.67 Å². The van der Waals surface area contributed by atoms with Crippen molar-refractivity contribution >= 4 is 40.7 Å². The molecule has 5 rings (SSSR count). The first-order chi connectivity index (χ1) is 19.0. The van der Waals surface area contributed by atoms with Gasteiger partial charge in [0.25, 0.3) is 17.6 Å². The van der Waals surface area contributed by atoms with Crippen molar-refractivity contribution in [1.82, 2.24) is 40.3 Å². The third-order valence-electron chi connectivity index (χ3n) is 5.97. The van der Waals surface area contributed by atoms with Gasteiger partial charge >= 0.3 is 6.18 Å². The zero-order chi connectivity index (χ0) is 28.6. The van der Waals surface area contributed by atoms with E-state index in [0.29, 0.717) is 27.8 Å². The molecule has 0 spiro atoms. The smallest absolute Gasteiger partial charge is 0.352 e. The van der Waals surface area contributed by atoms with E-state index in [-0.39, 0.29) is 40.0 Å². The molecule has 1 saturated carbocycles. The Hall–Kier alpha value is -4.04. The molecule has 3 aromatic heterocycles. The Bertz CT molecular complexity index is 1600. The summed E-state index contributed by atoms with van der Waals surface area (Å²) in [4.78, 5) is 31.4. The third-order valence-corrected chi connectivity index (χ3v) is 6.49. The van der Waals surface area contributed by atoms with Crippen LogP contribution in [0.4, 0.5) is 18.9 Å². The minimum Gasteiger partial charge on any atom is -0.352 e. The number of aromatic nitrogens is 7. The highest BCUT2D eigenvalue weighted by Gasteiger charge is 2.37. The maximum atomic E-state index is 13.6. The number of hydrogen-bond acceptors (Lipinski definition) is 7. The first-order valence-electron chi connectivity index (χ1n) is 11.9. The summed E-state index contributed by atoms with van der Waals surface area (Å²) >= 11 is 12.5. The van der Waals surface area contributed by atoms with Crippen LogP contribution in [-0.2, 0) is 12.7 Å². The average Bonchev–Trinajstić information content (AvgIpc) is 3.43. The Balaban J connectivity index is 1.49. The van der Waals surface area contributed by atoms with Gasteiger partial charge in [-0.05, 0) is 66.8 Å². The molecule has 40 heavy (non-hydrogen) atoms. The van der Waals surface area contributed by atoms with E-state index < -0.39 is 23.8 Å². The van der Waals surface area contributed by atoms with Crippen LogP contribution in [0.2, 0.25) is 10.0 Å². The van der Waals surface area contributed by atoms with E-state index in [9.17, 15) is 22.8 Å². The fraction of sp³-hybridized carbons (Fsp3) is 0.292. The second-order valence-electron chi connectivity index (χ2n) is 9.14. The molecule has 0 radical (unpaired) electrons. The van der Waals surface area contributed by atoms with Gasteiger partial charge in [-0.15, -0.1) is 10.2 Å². The summed E-state index contributed by atoms with van der Waals surface area (Å²) in [5.41, 5.74) is 0.995. The first-order valence-corrected chi connectivity index (χ1v) is 12.7. The van der Waals surface area contributed by atoms with Crippen molar-refractivity contribution in [2.24, 2.45) is 5.92 Å². The molecule has 0 saturated heterocycles. The van der Waals surface area contributed by atoms with Crippen LogP contribution >= 0.6 is 23.2 Å². The standard InChI is InChI=1S/C24H20Cl2F3N9O2/c1-12-7-14(25)8-16(21(39)31-10-13-4-5-13)19(12)32-22(40)18-9-15(11-37-35-23(33-36-37)24(27,28)29)34-38(18)20-17(26)3-2-6-30-20/h2-3,6-9,13H,4-5,10-11H2,1H3,(H,31,39)(H,32,40). The highest BCUT2D eigenvalue weighted by Crippen LogP contribution is 2.30. The van der Waals surface area contributed by atoms with E-state index in [1.807, 2.05) is 0 Å². The number of hydrogen-bond donors (Lipinski definition) is 2. The van der Waals surface area contributed by atoms with Gasteiger partial charge in [-0.1, -0.05) is 23.2 Å². The minimum absolute atomic E-state index is 0.0644. The molecule has 2 N–H and O–H groups in total. The monoisotopic (exact) mass is 593 g/mol. The highest BCUT2D eigenvalue weighted by molar-refractivity contribution is 6.32. The summed E-state index contributed by atoms with van der Waals surface area (Å²) in [6, 6.07) is 7.50. The number of alkyl halides is 3. The minimum atomic E-state index is -4.77. The number of pyridine rings is 1. The van der Waals surface area contributed by atoms with E-state index in [1.165, 1.54) is 24.4 Å². The summed E-state index contributed by atoms with van der Waals surface area (Å²) in [5.74, 6) is -1.97. The molecule has 0 atom stereocenters.